The largest absolute Gasteiger partial charge is 0.491 e. The molecule has 5 atom stereocenters. The van der Waals surface area contributed by atoms with Crippen molar-refractivity contribution in [1.82, 2.24) is 0 Å². The van der Waals surface area contributed by atoms with Gasteiger partial charge in [0.25, 0.3) is 0 Å². The van der Waals surface area contributed by atoms with Crippen LogP contribution in [0.3, 0.4) is 0 Å². The summed E-state index contributed by atoms with van der Waals surface area (Å²) in [5.74, 6) is -0.671. The second-order valence-corrected chi connectivity index (χ2v) is 7.76. The Balaban J connectivity index is 1.83. The first-order chi connectivity index (χ1) is 13.9. The molecule has 6 nitrogen and oxygen atoms in total. The van der Waals surface area contributed by atoms with Gasteiger partial charge in [0.2, 0.25) is 0 Å². The van der Waals surface area contributed by atoms with Crippen LogP contribution in [0.1, 0.15) is 32.1 Å². The van der Waals surface area contributed by atoms with Crippen LogP contribution in [0.5, 0.6) is 5.75 Å². The highest BCUT2D eigenvalue weighted by atomic mass is 35.5. The van der Waals surface area contributed by atoms with Crippen molar-refractivity contribution in [2.45, 2.75) is 50.4 Å². The molecule has 0 aromatic heterocycles. The maximum absolute atomic E-state index is 10.5. The molecule has 1 aromatic rings. The molecule has 0 amide bonds. The van der Waals surface area contributed by atoms with Gasteiger partial charge in [0, 0.05) is 23.8 Å². The van der Waals surface area contributed by atoms with Crippen molar-refractivity contribution in [3.8, 4) is 5.75 Å². The Morgan fingerprint density at radius 2 is 2.07 bits per heavy atom. The zero-order valence-electron chi connectivity index (χ0n) is 16.2. The third kappa shape index (κ3) is 8.19. The van der Waals surface area contributed by atoms with Crippen LogP contribution in [0.2, 0.25) is 5.02 Å². The molecule has 1 aliphatic rings. The van der Waals surface area contributed by atoms with Crippen LogP contribution in [-0.4, -0.2) is 51.3 Å². The maximum atomic E-state index is 10.5. The number of hydrogen-bond donors (Lipinski definition) is 4. The minimum absolute atomic E-state index is 0.0519. The number of carboxylic acid groups (broad SMARTS) is 1. The second-order valence-electron chi connectivity index (χ2n) is 7.33. The summed E-state index contributed by atoms with van der Waals surface area (Å²) < 4.78 is 5.51. The van der Waals surface area contributed by atoms with Crippen molar-refractivity contribution >= 4 is 17.6 Å². The fourth-order valence-corrected chi connectivity index (χ4v) is 3.68. The Hall–Kier alpha value is -1.86. The molecule has 1 aromatic carbocycles. The van der Waals surface area contributed by atoms with Gasteiger partial charge in [0.05, 0.1) is 12.2 Å². The van der Waals surface area contributed by atoms with E-state index in [-0.39, 0.29) is 24.9 Å². The zero-order valence-corrected chi connectivity index (χ0v) is 17.0. The lowest BCUT2D eigenvalue weighted by Gasteiger charge is -2.19. The van der Waals surface area contributed by atoms with E-state index in [4.69, 9.17) is 21.4 Å². The van der Waals surface area contributed by atoms with Crippen LogP contribution in [0, 0.1) is 11.8 Å². The molecule has 0 radical (unpaired) electrons. The topological polar surface area (TPSA) is 107 Å². The number of ether oxygens (including phenoxy) is 1. The molecule has 1 fully saturated rings. The van der Waals surface area contributed by atoms with Crippen LogP contribution in [0.4, 0.5) is 0 Å². The van der Waals surface area contributed by atoms with Crippen LogP contribution in [-0.2, 0) is 4.79 Å². The Morgan fingerprint density at radius 1 is 1.28 bits per heavy atom. The molecule has 1 aliphatic carbocycles. The molecule has 0 saturated heterocycles. The number of hydrogen-bond acceptors (Lipinski definition) is 5. The molecule has 29 heavy (non-hydrogen) atoms. The number of aliphatic carboxylic acids is 1. The zero-order chi connectivity index (χ0) is 21.2. The lowest BCUT2D eigenvalue weighted by atomic mass is 9.89. The summed E-state index contributed by atoms with van der Waals surface area (Å²) >= 11 is 5.90. The lowest BCUT2D eigenvalue weighted by Crippen LogP contribution is -2.21. The van der Waals surface area contributed by atoms with Crippen LogP contribution < -0.4 is 4.74 Å². The molecule has 7 heteroatoms. The number of carboxylic acids is 1. The van der Waals surface area contributed by atoms with Gasteiger partial charge in [-0.2, -0.15) is 0 Å². The van der Waals surface area contributed by atoms with Crippen molar-refractivity contribution in [2.75, 3.05) is 6.61 Å². The van der Waals surface area contributed by atoms with E-state index in [9.17, 15) is 20.1 Å². The van der Waals surface area contributed by atoms with Crippen molar-refractivity contribution in [3.63, 3.8) is 0 Å². The first-order valence-electron chi connectivity index (χ1n) is 9.84. The molecule has 2 rings (SSSR count). The van der Waals surface area contributed by atoms with E-state index in [1.165, 1.54) is 0 Å². The summed E-state index contributed by atoms with van der Waals surface area (Å²) in [6, 6.07) is 6.90. The molecule has 0 bridgehead atoms. The van der Waals surface area contributed by atoms with E-state index in [2.05, 4.69) is 0 Å². The van der Waals surface area contributed by atoms with E-state index < -0.39 is 24.3 Å². The van der Waals surface area contributed by atoms with Crippen LogP contribution in [0.25, 0.3) is 0 Å². The van der Waals surface area contributed by atoms with Gasteiger partial charge >= 0.3 is 5.97 Å². The average molecular weight is 425 g/mol. The summed E-state index contributed by atoms with van der Waals surface area (Å²) in [4.78, 5) is 10.5. The first-order valence-corrected chi connectivity index (χ1v) is 10.2. The van der Waals surface area contributed by atoms with Gasteiger partial charge in [-0.1, -0.05) is 42.0 Å². The predicted octanol–water partition coefficient (Wildman–Crippen LogP) is 3.20. The van der Waals surface area contributed by atoms with Gasteiger partial charge in [0.1, 0.15) is 18.5 Å². The predicted molar refractivity (Wildman–Crippen MR) is 111 cm³/mol. The van der Waals surface area contributed by atoms with Gasteiger partial charge in [0.15, 0.2) is 0 Å². The van der Waals surface area contributed by atoms with Gasteiger partial charge < -0.3 is 25.2 Å². The number of allylic oxidation sites excluding steroid dienone is 2. The van der Waals surface area contributed by atoms with Gasteiger partial charge in [-0.15, -0.1) is 0 Å². The first kappa shape index (κ1) is 23.4. The Morgan fingerprint density at radius 3 is 2.79 bits per heavy atom. The van der Waals surface area contributed by atoms with E-state index >= 15 is 0 Å². The molecule has 0 heterocycles. The number of unbranched alkanes of at least 4 members (excludes halogenated alkanes) is 1. The third-order valence-corrected chi connectivity index (χ3v) is 5.26. The number of benzene rings is 1. The molecular weight excluding hydrogens is 396 g/mol. The summed E-state index contributed by atoms with van der Waals surface area (Å²) in [7, 11) is 0. The Kier molecular flexibility index (Phi) is 9.67. The Bertz CT molecular complexity index is 704. The number of aliphatic hydroxyl groups is 3. The molecule has 160 valence electrons. The third-order valence-electron chi connectivity index (χ3n) is 5.02. The highest BCUT2D eigenvalue weighted by Gasteiger charge is 2.39. The number of rotatable bonds is 11. The summed E-state index contributed by atoms with van der Waals surface area (Å²) in [5.41, 5.74) is 0. The normalized spacial score (nSPS) is 25.7. The van der Waals surface area contributed by atoms with E-state index in [0.717, 1.165) is 0 Å². The number of carbonyl (C=O) groups is 1. The lowest BCUT2D eigenvalue weighted by molar-refractivity contribution is -0.137. The highest BCUT2D eigenvalue weighted by Crippen LogP contribution is 2.36. The number of halogens is 1. The monoisotopic (exact) mass is 424 g/mol. The SMILES string of the molecule is O=C(O)CCC/C=C/C[C@@H]1[C@@H](/C=C/[C@@H](O)COc2cccc(Cl)c2)[C@@H](O)C[C@H]1O. The van der Waals surface area contributed by atoms with Crippen LogP contribution in [0.15, 0.2) is 48.6 Å². The average Bonchev–Trinajstić information content (AvgIpc) is 2.93. The van der Waals surface area contributed by atoms with E-state index in [0.29, 0.717) is 36.5 Å². The van der Waals surface area contributed by atoms with Crippen molar-refractivity contribution < 1.29 is 30.0 Å². The van der Waals surface area contributed by atoms with E-state index in [1.807, 2.05) is 12.2 Å². The fraction of sp³-hybridized carbons (Fsp3) is 0.500. The summed E-state index contributed by atoms with van der Waals surface area (Å²) in [6.45, 7) is 0.0519. The smallest absolute Gasteiger partial charge is 0.303 e. The van der Waals surface area contributed by atoms with Gasteiger partial charge in [-0.3, -0.25) is 4.79 Å². The molecule has 0 aliphatic heterocycles. The van der Waals surface area contributed by atoms with Crippen LogP contribution >= 0.6 is 11.6 Å². The van der Waals surface area contributed by atoms with Crippen molar-refractivity contribution in [2.24, 2.45) is 11.8 Å². The maximum Gasteiger partial charge on any atom is 0.303 e. The van der Waals surface area contributed by atoms with Crippen molar-refractivity contribution in [1.29, 1.82) is 0 Å². The molecular formula is C22H29ClO6. The van der Waals surface area contributed by atoms with Gasteiger partial charge in [-0.25, -0.2) is 0 Å². The standard InChI is InChI=1S/C22H29ClO6/c23-15-6-5-7-17(12-15)29-14-16(24)10-11-19-18(20(25)13-21(19)26)8-3-1-2-4-9-22(27)28/h1,3,5-7,10-12,16,18-21,24-26H,2,4,8-9,13-14H2,(H,27,28)/b3-1+,11-10+/t16-,18-,19-,20-,21+/m1/s1. The van der Waals surface area contributed by atoms with E-state index in [1.54, 1.807) is 36.4 Å². The fourth-order valence-electron chi connectivity index (χ4n) is 3.50. The second kappa shape index (κ2) is 12.0. The molecule has 0 spiro atoms. The van der Waals surface area contributed by atoms with Gasteiger partial charge in [-0.05, 0) is 43.4 Å². The minimum Gasteiger partial charge on any atom is -0.491 e. The molecule has 4 N–H and O–H groups in total. The quantitative estimate of drug-likeness (QED) is 0.321. The molecule has 1 saturated carbocycles. The van der Waals surface area contributed by atoms with Crippen molar-refractivity contribution in [3.05, 3.63) is 53.6 Å². The Labute approximate surface area is 176 Å². The highest BCUT2D eigenvalue weighted by molar-refractivity contribution is 6.30. The number of aliphatic hydroxyl groups excluding tert-OH is 3. The molecule has 0 unspecified atom stereocenters. The minimum atomic E-state index is -0.855. The summed E-state index contributed by atoms with van der Waals surface area (Å²) in [6.07, 6.45) is 7.26. The summed E-state index contributed by atoms with van der Waals surface area (Å²) in [5, 5.41) is 39.8.